The van der Waals surface area contributed by atoms with Crippen molar-refractivity contribution in [3.63, 3.8) is 0 Å². The van der Waals surface area contributed by atoms with E-state index in [4.69, 9.17) is 0 Å². The van der Waals surface area contributed by atoms with Crippen LogP contribution in [-0.4, -0.2) is 39.8 Å². The summed E-state index contributed by atoms with van der Waals surface area (Å²) in [6, 6.07) is 4.93. The number of aliphatic imine (C=N–C) groups is 1. The lowest BCUT2D eigenvalue weighted by Crippen LogP contribution is -2.30. The van der Waals surface area contributed by atoms with E-state index >= 15 is 0 Å². The average molecular weight is 418 g/mol. The molecule has 1 aromatic heterocycles. The highest BCUT2D eigenvalue weighted by Gasteiger charge is 2.15. The van der Waals surface area contributed by atoms with Gasteiger partial charge in [-0.3, -0.25) is 0 Å². The topological polar surface area (TPSA) is 53.4 Å². The predicted octanol–water partition coefficient (Wildman–Crippen LogP) is 6.19. The summed E-state index contributed by atoms with van der Waals surface area (Å²) in [4.78, 5) is 14.7. The summed E-state index contributed by atoms with van der Waals surface area (Å²) < 4.78 is 29.1. The zero-order valence-electron chi connectivity index (χ0n) is 18.8. The van der Waals surface area contributed by atoms with Crippen molar-refractivity contribution in [1.29, 1.82) is 0 Å². The molecule has 0 aliphatic rings. The molecule has 7 heteroatoms. The molecule has 0 bridgehead atoms. The molecule has 164 valence electrons. The number of nitrogens with zero attached hydrogens (tertiary/aromatic N) is 4. The first-order chi connectivity index (χ1) is 14.3. The second-order valence-electron chi connectivity index (χ2n) is 7.84. The molecule has 0 saturated carbocycles. The van der Waals surface area contributed by atoms with Crippen LogP contribution in [0.1, 0.15) is 60.3 Å². The van der Waals surface area contributed by atoms with E-state index in [2.05, 4.69) is 34.1 Å². The molecule has 0 saturated heterocycles. The molecule has 1 heterocycles. The zero-order chi connectivity index (χ0) is 22.3. The molecule has 2 rings (SSSR count). The molecule has 2 aromatic rings. The van der Waals surface area contributed by atoms with E-state index in [0.717, 1.165) is 31.9 Å². The molecule has 0 spiro atoms. The fourth-order valence-corrected chi connectivity index (χ4v) is 3.18. The maximum absolute atomic E-state index is 14.7. The van der Waals surface area contributed by atoms with Gasteiger partial charge >= 0.3 is 0 Å². The van der Waals surface area contributed by atoms with E-state index in [9.17, 15) is 8.78 Å². The quantitative estimate of drug-likeness (QED) is 0.390. The van der Waals surface area contributed by atoms with Gasteiger partial charge in [0.05, 0.1) is 6.20 Å². The Morgan fingerprint density at radius 3 is 2.37 bits per heavy atom. The summed E-state index contributed by atoms with van der Waals surface area (Å²) in [5.41, 5.74) is 0.638. The van der Waals surface area contributed by atoms with Gasteiger partial charge in [0.1, 0.15) is 23.0 Å². The van der Waals surface area contributed by atoms with Gasteiger partial charge in [-0.05, 0) is 45.7 Å². The molecular formula is C23H33F2N5. The first kappa shape index (κ1) is 23.7. The number of halogens is 2. The van der Waals surface area contributed by atoms with E-state index < -0.39 is 11.6 Å². The number of benzene rings is 1. The number of aromatic nitrogens is 2. The Morgan fingerprint density at radius 1 is 1.13 bits per heavy atom. The third-order valence-electron chi connectivity index (χ3n) is 5.14. The molecule has 0 unspecified atom stereocenters. The van der Waals surface area contributed by atoms with Crippen molar-refractivity contribution < 1.29 is 8.78 Å². The Morgan fingerprint density at radius 2 is 1.80 bits per heavy atom. The summed E-state index contributed by atoms with van der Waals surface area (Å²) >= 11 is 0. The van der Waals surface area contributed by atoms with Crippen LogP contribution in [0.2, 0.25) is 0 Å². The van der Waals surface area contributed by atoms with Gasteiger partial charge in [0.15, 0.2) is 5.82 Å². The average Bonchev–Trinajstić information content (AvgIpc) is 2.70. The van der Waals surface area contributed by atoms with Crippen LogP contribution < -0.4 is 5.32 Å². The van der Waals surface area contributed by atoms with Crippen LogP contribution in [0.15, 0.2) is 29.4 Å². The van der Waals surface area contributed by atoms with Crippen LogP contribution in [0.5, 0.6) is 0 Å². The highest BCUT2D eigenvalue weighted by molar-refractivity contribution is 5.82. The lowest BCUT2D eigenvalue weighted by Gasteiger charge is -2.23. The van der Waals surface area contributed by atoms with Gasteiger partial charge in [-0.1, -0.05) is 32.8 Å². The summed E-state index contributed by atoms with van der Waals surface area (Å²) in [6.07, 6.45) is 5.16. The minimum absolute atomic E-state index is 0.0738. The second-order valence-corrected chi connectivity index (χ2v) is 7.84. The number of hydrogen-bond donors (Lipinski definition) is 1. The summed E-state index contributed by atoms with van der Waals surface area (Å²) in [5.74, 6) is -0.0507. The molecular weight excluding hydrogens is 384 g/mol. The Balaban J connectivity index is 2.31. The Hall–Kier alpha value is -2.57. The molecule has 5 nitrogen and oxygen atoms in total. The Labute approximate surface area is 178 Å². The van der Waals surface area contributed by atoms with Crippen molar-refractivity contribution in [2.24, 2.45) is 4.99 Å². The van der Waals surface area contributed by atoms with Crippen molar-refractivity contribution >= 4 is 17.5 Å². The maximum atomic E-state index is 14.7. The molecule has 1 N–H and O–H groups in total. The normalized spacial score (nSPS) is 12.0. The Kier molecular flexibility index (Phi) is 8.69. The maximum Gasteiger partial charge on any atom is 0.223 e. The van der Waals surface area contributed by atoms with Crippen LogP contribution in [-0.2, 0) is 0 Å². The van der Waals surface area contributed by atoms with Crippen LogP contribution in [0.3, 0.4) is 0 Å². The van der Waals surface area contributed by atoms with E-state index in [-0.39, 0.29) is 23.5 Å². The first-order valence-corrected chi connectivity index (χ1v) is 10.6. The lowest BCUT2D eigenvalue weighted by atomic mass is 10.1. The fraction of sp³-hybridized carbons (Fsp3) is 0.522. The number of amidine groups is 1. The predicted molar refractivity (Wildman–Crippen MR) is 120 cm³/mol. The van der Waals surface area contributed by atoms with Gasteiger partial charge in [0, 0.05) is 24.7 Å². The molecule has 0 fully saturated rings. The van der Waals surface area contributed by atoms with Gasteiger partial charge in [-0.2, -0.15) is 0 Å². The van der Waals surface area contributed by atoms with Crippen molar-refractivity contribution in [2.75, 3.05) is 12.4 Å². The van der Waals surface area contributed by atoms with Gasteiger partial charge in [-0.15, -0.1) is 0 Å². The van der Waals surface area contributed by atoms with Crippen molar-refractivity contribution in [3.8, 4) is 11.3 Å². The van der Waals surface area contributed by atoms with E-state index in [1.54, 1.807) is 12.1 Å². The summed E-state index contributed by atoms with van der Waals surface area (Å²) in [5, 5.41) is 3.28. The van der Waals surface area contributed by atoms with Gasteiger partial charge in [0.25, 0.3) is 0 Å². The highest BCUT2D eigenvalue weighted by atomic mass is 19.1. The lowest BCUT2D eigenvalue weighted by molar-refractivity contribution is 0.415. The van der Waals surface area contributed by atoms with Crippen molar-refractivity contribution in [2.45, 2.75) is 72.4 Å². The zero-order valence-corrected chi connectivity index (χ0v) is 18.8. The van der Waals surface area contributed by atoms with E-state index in [1.807, 2.05) is 32.7 Å². The number of rotatable bonds is 9. The highest BCUT2D eigenvalue weighted by Crippen LogP contribution is 2.27. The summed E-state index contributed by atoms with van der Waals surface area (Å²) in [6.45, 7) is 10.1. The summed E-state index contributed by atoms with van der Waals surface area (Å²) in [7, 11) is 1.91. The number of hydrogen-bond acceptors (Lipinski definition) is 4. The molecule has 1 aromatic carbocycles. The van der Waals surface area contributed by atoms with E-state index in [1.165, 1.54) is 6.07 Å². The minimum Gasteiger partial charge on any atom is -0.361 e. The van der Waals surface area contributed by atoms with Crippen LogP contribution in [0.4, 0.5) is 20.4 Å². The van der Waals surface area contributed by atoms with Gasteiger partial charge in [0.2, 0.25) is 5.95 Å². The third-order valence-corrected chi connectivity index (χ3v) is 5.14. The first-order valence-electron chi connectivity index (χ1n) is 10.6. The standard InChI is InChI=1S/C23H33F2N5/c1-7-9-18(10-8-2)28-23-26-14-20(25)22(29-23)17-11-12-21(19(24)13-17)27-16(5)30(6)15(3)4/h11-15,18H,7-10H2,1-6H3,(H,26,28,29). The molecule has 0 aliphatic carbocycles. The number of anilines is 1. The molecule has 0 amide bonds. The van der Waals surface area contributed by atoms with Gasteiger partial charge < -0.3 is 10.2 Å². The largest absolute Gasteiger partial charge is 0.361 e. The smallest absolute Gasteiger partial charge is 0.223 e. The van der Waals surface area contributed by atoms with Crippen LogP contribution >= 0.6 is 0 Å². The monoisotopic (exact) mass is 417 g/mol. The van der Waals surface area contributed by atoms with Crippen molar-refractivity contribution in [3.05, 3.63) is 36.0 Å². The fourth-order valence-electron chi connectivity index (χ4n) is 3.18. The van der Waals surface area contributed by atoms with Crippen molar-refractivity contribution in [1.82, 2.24) is 14.9 Å². The van der Waals surface area contributed by atoms with Gasteiger partial charge in [-0.25, -0.2) is 23.7 Å². The van der Waals surface area contributed by atoms with E-state index in [0.29, 0.717) is 17.3 Å². The minimum atomic E-state index is -0.588. The third kappa shape index (κ3) is 6.21. The SMILES string of the molecule is CCCC(CCC)Nc1ncc(F)c(-c2ccc(N=C(C)N(C)C(C)C)c(F)c2)n1. The molecule has 0 radical (unpaired) electrons. The van der Waals surface area contributed by atoms with Crippen LogP contribution in [0, 0.1) is 11.6 Å². The Bertz CT molecular complexity index is 861. The molecule has 0 aliphatic heterocycles. The number of nitrogens with one attached hydrogen (secondary N) is 1. The second kappa shape index (κ2) is 11.0. The molecule has 30 heavy (non-hydrogen) atoms. The molecule has 0 atom stereocenters. The van der Waals surface area contributed by atoms with Crippen LogP contribution in [0.25, 0.3) is 11.3 Å².